The van der Waals surface area contributed by atoms with Gasteiger partial charge < -0.3 is 4.90 Å². The Morgan fingerprint density at radius 3 is 2.52 bits per heavy atom. The Kier molecular flexibility index (Phi) is 6.06. The molecule has 0 unspecified atom stereocenters. The maximum Gasteiger partial charge on any atom is 0.223 e. The van der Waals surface area contributed by atoms with Crippen LogP contribution in [0.3, 0.4) is 0 Å². The Morgan fingerprint density at radius 2 is 1.93 bits per heavy atom. The molecule has 0 spiro atoms. The van der Waals surface area contributed by atoms with Crippen molar-refractivity contribution in [3.05, 3.63) is 36.4 Å². The van der Waals surface area contributed by atoms with Crippen LogP contribution in [0.25, 0.3) is 11.4 Å². The summed E-state index contributed by atoms with van der Waals surface area (Å²) in [5.74, 6) is 0.767. The number of carbonyl (C=O) groups excluding carboxylic acids is 1. The Balaban J connectivity index is 1.90. The minimum absolute atomic E-state index is 0.0342. The van der Waals surface area contributed by atoms with Crippen molar-refractivity contribution >= 4 is 27.3 Å². The summed E-state index contributed by atoms with van der Waals surface area (Å²) in [6, 6.07) is 3.57. The number of aromatic nitrogens is 3. The van der Waals surface area contributed by atoms with Gasteiger partial charge in [0.05, 0.1) is 5.69 Å². The van der Waals surface area contributed by atoms with Gasteiger partial charge in [0.25, 0.3) is 0 Å². The highest BCUT2D eigenvalue weighted by atomic mass is 35.5. The Hall–Kier alpha value is -2.06. The van der Waals surface area contributed by atoms with E-state index in [1.807, 2.05) is 0 Å². The minimum Gasteiger partial charge on any atom is -0.343 e. The second kappa shape index (κ2) is 8.31. The quantitative estimate of drug-likeness (QED) is 0.704. The number of amides is 1. The first kappa shape index (κ1) is 19.7. The molecule has 1 fully saturated rings. The second-order valence-electron chi connectivity index (χ2n) is 6.55. The van der Waals surface area contributed by atoms with Gasteiger partial charge in [-0.05, 0) is 25.0 Å². The topological polar surface area (TPSA) is 93.1 Å². The number of sulfone groups is 1. The van der Waals surface area contributed by atoms with E-state index in [9.17, 15) is 13.2 Å². The third kappa shape index (κ3) is 4.62. The van der Waals surface area contributed by atoms with Crippen molar-refractivity contribution in [2.45, 2.75) is 30.1 Å². The van der Waals surface area contributed by atoms with Crippen molar-refractivity contribution in [2.75, 3.05) is 25.2 Å². The first-order chi connectivity index (χ1) is 12.9. The molecule has 1 saturated heterocycles. The summed E-state index contributed by atoms with van der Waals surface area (Å²) in [4.78, 5) is 26.8. The summed E-state index contributed by atoms with van der Waals surface area (Å²) in [5, 5.41) is 0. The molecular weight excluding hydrogens is 388 g/mol. The summed E-state index contributed by atoms with van der Waals surface area (Å²) in [6.07, 6.45) is 7.47. The second-order valence-corrected chi connectivity index (χ2v) is 8.91. The van der Waals surface area contributed by atoms with Gasteiger partial charge in [-0.2, -0.15) is 0 Å². The zero-order valence-corrected chi connectivity index (χ0v) is 16.6. The molecule has 2 aromatic rings. The van der Waals surface area contributed by atoms with Crippen LogP contribution in [0.2, 0.25) is 0 Å². The zero-order valence-electron chi connectivity index (χ0n) is 15.0. The molecule has 3 heterocycles. The Labute approximate surface area is 163 Å². The molecule has 0 N–H and O–H groups in total. The Morgan fingerprint density at radius 1 is 1.26 bits per heavy atom. The first-order valence-corrected chi connectivity index (χ1v) is 11.1. The van der Waals surface area contributed by atoms with Crippen LogP contribution in [0.1, 0.15) is 30.9 Å². The predicted molar refractivity (Wildman–Crippen MR) is 102 cm³/mol. The Bertz CT molecular complexity index is 913. The summed E-state index contributed by atoms with van der Waals surface area (Å²) in [7, 11) is -3.46. The molecule has 0 aromatic carbocycles. The van der Waals surface area contributed by atoms with Crippen molar-refractivity contribution in [1.82, 2.24) is 19.9 Å². The molecule has 1 aliphatic heterocycles. The number of nitrogens with zero attached hydrogens (tertiary/aromatic N) is 4. The molecule has 1 amide bonds. The monoisotopic (exact) mass is 408 g/mol. The lowest BCUT2D eigenvalue weighted by molar-refractivity contribution is -0.131. The lowest BCUT2D eigenvalue weighted by Gasteiger charge is -2.32. The molecule has 3 rings (SSSR count). The van der Waals surface area contributed by atoms with Gasteiger partial charge in [-0.15, -0.1) is 11.6 Å². The minimum atomic E-state index is -3.46. The maximum atomic E-state index is 12.2. The van der Waals surface area contributed by atoms with Gasteiger partial charge in [0.15, 0.2) is 15.7 Å². The van der Waals surface area contributed by atoms with E-state index in [2.05, 4.69) is 15.0 Å². The summed E-state index contributed by atoms with van der Waals surface area (Å²) < 4.78 is 24.5. The van der Waals surface area contributed by atoms with Gasteiger partial charge >= 0.3 is 0 Å². The molecule has 27 heavy (non-hydrogen) atoms. The molecule has 0 atom stereocenters. The van der Waals surface area contributed by atoms with E-state index in [1.54, 1.807) is 29.4 Å². The average Bonchev–Trinajstić information content (AvgIpc) is 2.68. The number of hydrogen-bond donors (Lipinski definition) is 0. The highest BCUT2D eigenvalue weighted by Gasteiger charge is 2.29. The van der Waals surface area contributed by atoms with Crippen molar-refractivity contribution in [2.24, 2.45) is 0 Å². The fraction of sp³-hybridized carbons (Fsp3) is 0.444. The van der Waals surface area contributed by atoms with Crippen LogP contribution < -0.4 is 0 Å². The molecule has 9 heteroatoms. The lowest BCUT2D eigenvalue weighted by atomic mass is 9.93. The van der Waals surface area contributed by atoms with Gasteiger partial charge in [0, 0.05) is 61.7 Å². The number of piperidine rings is 1. The smallest absolute Gasteiger partial charge is 0.223 e. The molecule has 0 aliphatic carbocycles. The number of carbonyl (C=O) groups is 1. The fourth-order valence-electron chi connectivity index (χ4n) is 3.24. The van der Waals surface area contributed by atoms with Gasteiger partial charge in [-0.25, -0.2) is 18.4 Å². The normalized spacial score (nSPS) is 15.7. The van der Waals surface area contributed by atoms with Gasteiger partial charge in [0.2, 0.25) is 5.91 Å². The highest BCUT2D eigenvalue weighted by Crippen LogP contribution is 2.32. The van der Waals surface area contributed by atoms with Crippen LogP contribution >= 0.6 is 11.6 Å². The van der Waals surface area contributed by atoms with Crippen LogP contribution in [0.15, 0.2) is 35.6 Å². The number of rotatable bonds is 5. The largest absolute Gasteiger partial charge is 0.343 e. The van der Waals surface area contributed by atoms with E-state index < -0.39 is 9.84 Å². The van der Waals surface area contributed by atoms with Crippen molar-refractivity contribution in [3.8, 4) is 11.4 Å². The van der Waals surface area contributed by atoms with E-state index >= 15 is 0 Å². The molecular formula is C18H21ClN4O3S. The van der Waals surface area contributed by atoms with Crippen LogP contribution in [0.5, 0.6) is 0 Å². The molecule has 0 bridgehead atoms. The summed E-state index contributed by atoms with van der Waals surface area (Å²) >= 11 is 5.65. The van der Waals surface area contributed by atoms with Gasteiger partial charge in [-0.3, -0.25) is 9.78 Å². The molecule has 144 valence electrons. The average molecular weight is 409 g/mol. The number of hydrogen-bond acceptors (Lipinski definition) is 6. The van der Waals surface area contributed by atoms with Crippen molar-refractivity contribution in [1.29, 1.82) is 0 Å². The van der Waals surface area contributed by atoms with E-state index in [0.29, 0.717) is 49.8 Å². The van der Waals surface area contributed by atoms with Gasteiger partial charge in [-0.1, -0.05) is 0 Å². The lowest BCUT2D eigenvalue weighted by Crippen LogP contribution is -2.38. The highest BCUT2D eigenvalue weighted by molar-refractivity contribution is 7.90. The molecule has 0 radical (unpaired) electrons. The molecule has 2 aromatic heterocycles. The third-order valence-corrected chi connectivity index (χ3v) is 5.97. The van der Waals surface area contributed by atoms with E-state index in [4.69, 9.17) is 11.6 Å². The van der Waals surface area contributed by atoms with Crippen LogP contribution in [0.4, 0.5) is 0 Å². The fourth-order valence-corrected chi connectivity index (χ4v) is 4.24. The third-order valence-electron chi connectivity index (χ3n) is 4.66. The molecule has 1 aliphatic rings. The van der Waals surface area contributed by atoms with E-state index in [-0.39, 0.29) is 16.7 Å². The number of halogens is 1. The van der Waals surface area contributed by atoms with Crippen LogP contribution in [-0.2, 0) is 14.6 Å². The van der Waals surface area contributed by atoms with Crippen molar-refractivity contribution < 1.29 is 13.2 Å². The van der Waals surface area contributed by atoms with E-state index in [0.717, 1.165) is 5.56 Å². The van der Waals surface area contributed by atoms with Crippen LogP contribution in [-0.4, -0.2) is 59.4 Å². The van der Waals surface area contributed by atoms with Gasteiger partial charge in [0.1, 0.15) is 4.90 Å². The number of alkyl halides is 1. The predicted octanol–water partition coefficient (Wildman–Crippen LogP) is 2.28. The zero-order chi connectivity index (χ0) is 19.4. The van der Waals surface area contributed by atoms with Crippen LogP contribution in [0, 0.1) is 0 Å². The standard InChI is InChI=1S/C18H21ClN4O3S/c1-27(25,26)15-12-21-18(14-3-8-20-9-4-14)22-17(15)13-5-10-23(11-6-13)16(24)2-7-19/h3-4,8-9,12-13H,2,5-7,10-11H2,1H3. The summed E-state index contributed by atoms with van der Waals surface area (Å²) in [5.41, 5.74) is 1.31. The molecule has 7 nitrogen and oxygen atoms in total. The first-order valence-electron chi connectivity index (χ1n) is 8.71. The SMILES string of the molecule is CS(=O)(=O)c1cnc(-c2ccncc2)nc1C1CCN(C(=O)CCCl)CC1. The van der Waals surface area contributed by atoms with Crippen molar-refractivity contribution in [3.63, 3.8) is 0 Å². The molecule has 0 saturated carbocycles. The maximum absolute atomic E-state index is 12.2. The summed E-state index contributed by atoms with van der Waals surface area (Å²) in [6.45, 7) is 1.14. The number of pyridine rings is 1. The number of likely N-dealkylation sites (tertiary alicyclic amines) is 1. The van der Waals surface area contributed by atoms with E-state index in [1.165, 1.54) is 12.5 Å².